The summed E-state index contributed by atoms with van der Waals surface area (Å²) in [6, 6.07) is 5.50. The predicted octanol–water partition coefficient (Wildman–Crippen LogP) is 2.88. The van der Waals surface area contributed by atoms with E-state index in [0.29, 0.717) is 6.54 Å². The van der Waals surface area contributed by atoms with Gasteiger partial charge in [0.2, 0.25) is 0 Å². The minimum Gasteiger partial charge on any atom is -0.292 e. The van der Waals surface area contributed by atoms with Crippen molar-refractivity contribution in [2.75, 3.05) is 13.1 Å². The van der Waals surface area contributed by atoms with Crippen molar-refractivity contribution >= 4 is 21.6 Å². The molecule has 0 bridgehead atoms. The molecular weight excluding hydrogens is 330 g/mol. The Balaban J connectivity index is 1.92. The van der Waals surface area contributed by atoms with Crippen LogP contribution in [0.25, 0.3) is 5.65 Å². The molecular formula is C16H18BrN3O. The lowest BCUT2D eigenvalue weighted by Gasteiger charge is -2.27. The summed E-state index contributed by atoms with van der Waals surface area (Å²) in [7, 11) is 0. The molecule has 0 aromatic carbocycles. The van der Waals surface area contributed by atoms with Crippen LogP contribution >= 0.6 is 15.9 Å². The molecule has 1 aliphatic heterocycles. The Morgan fingerprint density at radius 3 is 2.95 bits per heavy atom. The number of nitrogens with zero attached hydrogens (tertiary/aromatic N) is 3. The maximum Gasteiger partial charge on any atom is 0.258 e. The summed E-state index contributed by atoms with van der Waals surface area (Å²) in [5, 5.41) is 0. The average Bonchev–Trinajstić information content (AvgIpc) is 2.44. The average molecular weight is 348 g/mol. The van der Waals surface area contributed by atoms with E-state index in [-0.39, 0.29) is 5.56 Å². The quantitative estimate of drug-likeness (QED) is 0.838. The monoisotopic (exact) mass is 347 g/mol. The summed E-state index contributed by atoms with van der Waals surface area (Å²) in [6.07, 6.45) is 2.83. The highest BCUT2D eigenvalue weighted by atomic mass is 79.9. The van der Waals surface area contributed by atoms with Crippen LogP contribution in [0, 0.1) is 6.92 Å². The van der Waals surface area contributed by atoms with Crippen molar-refractivity contribution in [3.05, 3.63) is 56.1 Å². The summed E-state index contributed by atoms with van der Waals surface area (Å²) >= 11 is 3.62. The highest BCUT2D eigenvalue weighted by molar-refractivity contribution is 9.11. The molecule has 0 fully saturated rings. The fourth-order valence-electron chi connectivity index (χ4n) is 2.63. The van der Waals surface area contributed by atoms with Crippen molar-refractivity contribution in [2.45, 2.75) is 26.8 Å². The second-order valence-corrected chi connectivity index (χ2v) is 6.57. The third-order valence-corrected chi connectivity index (χ3v) is 4.88. The largest absolute Gasteiger partial charge is 0.292 e. The lowest BCUT2D eigenvalue weighted by molar-refractivity contribution is 0.280. The zero-order valence-corrected chi connectivity index (χ0v) is 13.9. The fourth-order valence-corrected chi connectivity index (χ4v) is 3.18. The number of hydrogen-bond acceptors (Lipinski definition) is 3. The van der Waals surface area contributed by atoms with Crippen molar-refractivity contribution < 1.29 is 0 Å². The normalized spacial score (nSPS) is 16.7. The molecule has 0 atom stereocenters. The van der Waals surface area contributed by atoms with E-state index >= 15 is 0 Å². The van der Waals surface area contributed by atoms with Gasteiger partial charge in [0.05, 0.1) is 5.69 Å². The zero-order chi connectivity index (χ0) is 15.0. The molecule has 0 spiro atoms. The molecule has 5 heteroatoms. The Morgan fingerprint density at radius 2 is 2.19 bits per heavy atom. The number of pyridine rings is 1. The summed E-state index contributed by atoms with van der Waals surface area (Å²) < 4.78 is 2.86. The Morgan fingerprint density at radius 1 is 1.38 bits per heavy atom. The van der Waals surface area contributed by atoms with Crippen LogP contribution in [0.5, 0.6) is 0 Å². The van der Waals surface area contributed by atoms with Crippen LogP contribution in [0.3, 0.4) is 0 Å². The SMILES string of the molecule is CC1=C(Br)CN(Cc2cc(=O)n3cccc(C)c3n2)CC1. The number of hydrogen-bond donors (Lipinski definition) is 0. The smallest absolute Gasteiger partial charge is 0.258 e. The van der Waals surface area contributed by atoms with E-state index in [1.54, 1.807) is 16.7 Å². The molecule has 0 aliphatic carbocycles. The van der Waals surface area contributed by atoms with Crippen molar-refractivity contribution in [3.63, 3.8) is 0 Å². The lowest BCUT2D eigenvalue weighted by atomic mass is 10.1. The second-order valence-electron chi connectivity index (χ2n) is 5.62. The van der Waals surface area contributed by atoms with Crippen LogP contribution in [0.15, 0.2) is 39.2 Å². The van der Waals surface area contributed by atoms with Crippen LogP contribution in [-0.2, 0) is 6.54 Å². The van der Waals surface area contributed by atoms with Crippen LogP contribution in [0.2, 0.25) is 0 Å². The van der Waals surface area contributed by atoms with Crippen LogP contribution in [0.4, 0.5) is 0 Å². The van der Waals surface area contributed by atoms with Gasteiger partial charge in [-0.2, -0.15) is 0 Å². The van der Waals surface area contributed by atoms with Gasteiger partial charge in [0.25, 0.3) is 5.56 Å². The van der Waals surface area contributed by atoms with E-state index in [9.17, 15) is 4.79 Å². The highest BCUT2D eigenvalue weighted by Gasteiger charge is 2.16. The summed E-state index contributed by atoms with van der Waals surface area (Å²) in [5.41, 5.74) is 4.01. The van der Waals surface area contributed by atoms with Gasteiger partial charge < -0.3 is 0 Å². The molecule has 0 saturated heterocycles. The van der Waals surface area contributed by atoms with Gasteiger partial charge in [-0.15, -0.1) is 0 Å². The van der Waals surface area contributed by atoms with Gasteiger partial charge in [-0.1, -0.05) is 27.6 Å². The zero-order valence-electron chi connectivity index (χ0n) is 12.3. The van der Waals surface area contributed by atoms with E-state index in [4.69, 9.17) is 0 Å². The van der Waals surface area contributed by atoms with Crippen molar-refractivity contribution in [2.24, 2.45) is 0 Å². The van der Waals surface area contributed by atoms with Gasteiger partial charge in [0.15, 0.2) is 0 Å². The molecule has 1 aliphatic rings. The topological polar surface area (TPSA) is 37.6 Å². The number of aromatic nitrogens is 2. The molecule has 4 nitrogen and oxygen atoms in total. The first-order valence-corrected chi connectivity index (χ1v) is 7.88. The highest BCUT2D eigenvalue weighted by Crippen LogP contribution is 2.22. The standard InChI is InChI=1S/C16H18BrN3O/c1-11-5-7-19(10-14(11)17)9-13-8-15(21)20-6-3-4-12(2)16(20)18-13/h3-4,6,8H,5,7,9-10H2,1-2H3. The minimum absolute atomic E-state index is 0.0125. The maximum absolute atomic E-state index is 12.2. The van der Waals surface area contributed by atoms with Gasteiger partial charge in [0, 0.05) is 36.4 Å². The Hall–Kier alpha value is -1.46. The minimum atomic E-state index is -0.0125. The van der Waals surface area contributed by atoms with Gasteiger partial charge in [0.1, 0.15) is 5.65 Å². The second kappa shape index (κ2) is 5.73. The lowest BCUT2D eigenvalue weighted by Crippen LogP contribution is -2.31. The molecule has 0 unspecified atom stereocenters. The summed E-state index contributed by atoms with van der Waals surface area (Å²) in [4.78, 5) is 19.2. The molecule has 0 saturated carbocycles. The molecule has 0 amide bonds. The number of halogens is 1. The molecule has 21 heavy (non-hydrogen) atoms. The van der Waals surface area contributed by atoms with E-state index in [2.05, 4.69) is 32.7 Å². The van der Waals surface area contributed by atoms with E-state index in [1.165, 1.54) is 10.1 Å². The van der Waals surface area contributed by atoms with Gasteiger partial charge in [-0.3, -0.25) is 14.1 Å². The van der Waals surface area contributed by atoms with Crippen molar-refractivity contribution in [1.82, 2.24) is 14.3 Å². The van der Waals surface area contributed by atoms with Gasteiger partial charge in [-0.05, 0) is 31.9 Å². The number of aryl methyl sites for hydroxylation is 1. The number of rotatable bonds is 2. The Labute approximate surface area is 132 Å². The Kier molecular flexibility index (Phi) is 3.95. The molecule has 0 radical (unpaired) electrons. The first-order valence-electron chi connectivity index (χ1n) is 7.09. The molecule has 2 aromatic rings. The third kappa shape index (κ3) is 2.94. The van der Waals surface area contributed by atoms with Crippen LogP contribution in [-0.4, -0.2) is 27.4 Å². The van der Waals surface area contributed by atoms with Crippen molar-refractivity contribution in [1.29, 1.82) is 0 Å². The fraction of sp³-hybridized carbons (Fsp3) is 0.375. The predicted molar refractivity (Wildman–Crippen MR) is 87.7 cm³/mol. The van der Waals surface area contributed by atoms with Crippen LogP contribution < -0.4 is 5.56 Å². The summed E-state index contributed by atoms with van der Waals surface area (Å²) in [6.45, 7) is 6.75. The molecule has 110 valence electrons. The molecule has 3 rings (SSSR count). The van der Waals surface area contributed by atoms with E-state index in [1.807, 2.05) is 19.1 Å². The van der Waals surface area contributed by atoms with Crippen LogP contribution in [0.1, 0.15) is 24.6 Å². The van der Waals surface area contributed by atoms with Gasteiger partial charge in [-0.25, -0.2) is 4.98 Å². The summed E-state index contributed by atoms with van der Waals surface area (Å²) in [5.74, 6) is 0. The molecule has 3 heterocycles. The maximum atomic E-state index is 12.2. The molecule has 0 N–H and O–H groups in total. The van der Waals surface area contributed by atoms with Crippen molar-refractivity contribution in [3.8, 4) is 0 Å². The molecule has 2 aromatic heterocycles. The van der Waals surface area contributed by atoms with Gasteiger partial charge >= 0.3 is 0 Å². The number of fused-ring (bicyclic) bond motifs is 1. The first-order chi connectivity index (χ1) is 10.0. The third-order valence-electron chi connectivity index (χ3n) is 3.95. The van der Waals surface area contributed by atoms with E-state index in [0.717, 1.165) is 36.4 Å². The van der Waals surface area contributed by atoms with E-state index < -0.39 is 0 Å². The first kappa shape index (κ1) is 14.5. The Bertz CT molecular complexity index is 779.